The van der Waals surface area contributed by atoms with Gasteiger partial charge in [0.1, 0.15) is 17.8 Å². The van der Waals surface area contributed by atoms with Gasteiger partial charge in [-0.25, -0.2) is 9.97 Å². The van der Waals surface area contributed by atoms with Crippen LogP contribution in [0, 0.1) is 6.92 Å². The number of aryl methyl sites for hydroxylation is 1. The third kappa shape index (κ3) is 2.47. The van der Waals surface area contributed by atoms with Crippen LogP contribution in [-0.2, 0) is 0 Å². The van der Waals surface area contributed by atoms with E-state index >= 15 is 0 Å². The lowest BCUT2D eigenvalue weighted by Crippen LogP contribution is -2.38. The van der Waals surface area contributed by atoms with E-state index in [4.69, 9.17) is 9.97 Å². The van der Waals surface area contributed by atoms with Gasteiger partial charge in [0, 0.05) is 36.4 Å². The Hall–Kier alpha value is -3.62. The molecule has 6 rings (SSSR count). The minimum absolute atomic E-state index is 0.164. The molecule has 1 fully saturated rings. The molecule has 2 aliphatic rings. The number of hydrogen-bond donors (Lipinski definition) is 0. The molecule has 150 valence electrons. The highest BCUT2D eigenvalue weighted by Gasteiger charge is 2.42. The van der Waals surface area contributed by atoms with Crippen molar-refractivity contribution < 1.29 is 0 Å². The van der Waals surface area contributed by atoms with E-state index in [2.05, 4.69) is 36.6 Å². The Bertz CT molecular complexity index is 1220. The Labute approximate surface area is 173 Å². The summed E-state index contributed by atoms with van der Waals surface area (Å²) in [6, 6.07) is 4.54. The maximum absolute atomic E-state index is 5.07. The van der Waals surface area contributed by atoms with Crippen LogP contribution >= 0.6 is 0 Å². The van der Waals surface area contributed by atoms with Crippen molar-refractivity contribution in [2.45, 2.75) is 45.2 Å². The van der Waals surface area contributed by atoms with E-state index in [9.17, 15) is 0 Å². The Balaban J connectivity index is 1.56. The van der Waals surface area contributed by atoms with Gasteiger partial charge < -0.3 is 4.90 Å². The van der Waals surface area contributed by atoms with Crippen molar-refractivity contribution in [2.75, 3.05) is 4.90 Å². The molecule has 9 heteroatoms. The summed E-state index contributed by atoms with van der Waals surface area (Å²) >= 11 is 0. The number of anilines is 1. The molecule has 0 spiro atoms. The Morgan fingerprint density at radius 3 is 2.67 bits per heavy atom. The number of aromatic nitrogens is 8. The van der Waals surface area contributed by atoms with Crippen LogP contribution in [0.15, 0.2) is 43.2 Å². The molecule has 30 heavy (non-hydrogen) atoms. The van der Waals surface area contributed by atoms with Crippen LogP contribution in [0.2, 0.25) is 0 Å². The lowest BCUT2D eigenvalue weighted by atomic mass is 10.1. The molecule has 0 bridgehead atoms. The van der Waals surface area contributed by atoms with Crippen molar-refractivity contribution in [3.63, 3.8) is 0 Å². The van der Waals surface area contributed by atoms with Gasteiger partial charge in [-0.1, -0.05) is 6.92 Å². The largest absolute Gasteiger partial charge is 0.341 e. The van der Waals surface area contributed by atoms with Gasteiger partial charge in [-0.15, -0.1) is 10.2 Å². The molecule has 4 aromatic heterocycles. The lowest BCUT2D eigenvalue weighted by molar-refractivity contribution is 0.530. The zero-order chi connectivity index (χ0) is 20.2. The average Bonchev–Trinajstić information content (AvgIpc) is 3.28. The second-order valence-electron chi connectivity index (χ2n) is 7.76. The SMILES string of the molecule is CC[C@@H]1c2nncn2-c2c(C)nc(-n3ccnc3-c3ccncc3)nc2N1C1CC1. The molecule has 5 heterocycles. The summed E-state index contributed by atoms with van der Waals surface area (Å²) < 4.78 is 4.00. The summed E-state index contributed by atoms with van der Waals surface area (Å²) in [5.74, 6) is 3.33. The topological polar surface area (TPSA) is 90.4 Å². The molecule has 0 saturated heterocycles. The summed E-state index contributed by atoms with van der Waals surface area (Å²) in [6.45, 7) is 4.21. The fourth-order valence-electron chi connectivity index (χ4n) is 4.36. The van der Waals surface area contributed by atoms with E-state index in [0.717, 1.165) is 40.8 Å². The Kier molecular flexibility index (Phi) is 3.71. The summed E-state index contributed by atoms with van der Waals surface area (Å²) in [5, 5.41) is 8.62. The molecular weight excluding hydrogens is 378 g/mol. The van der Waals surface area contributed by atoms with E-state index in [-0.39, 0.29) is 6.04 Å². The molecule has 0 unspecified atom stereocenters. The second-order valence-corrected chi connectivity index (χ2v) is 7.76. The van der Waals surface area contributed by atoms with E-state index in [1.807, 2.05) is 29.8 Å². The van der Waals surface area contributed by atoms with Gasteiger partial charge in [0.05, 0.1) is 11.7 Å². The zero-order valence-corrected chi connectivity index (χ0v) is 16.8. The number of imidazole rings is 1. The third-order valence-electron chi connectivity index (χ3n) is 5.84. The molecule has 0 N–H and O–H groups in total. The van der Waals surface area contributed by atoms with Gasteiger partial charge in [0.25, 0.3) is 0 Å². The smallest absolute Gasteiger partial charge is 0.237 e. The van der Waals surface area contributed by atoms with Gasteiger partial charge in [-0.3, -0.25) is 14.1 Å². The predicted octanol–water partition coefficient (Wildman–Crippen LogP) is 3.05. The number of nitrogens with zero attached hydrogens (tertiary/aromatic N) is 9. The number of rotatable bonds is 4. The van der Waals surface area contributed by atoms with E-state index in [0.29, 0.717) is 12.0 Å². The highest BCUT2D eigenvalue weighted by molar-refractivity contribution is 5.66. The first-order valence-electron chi connectivity index (χ1n) is 10.3. The quantitative estimate of drug-likeness (QED) is 0.521. The van der Waals surface area contributed by atoms with E-state index in [1.165, 1.54) is 12.8 Å². The zero-order valence-electron chi connectivity index (χ0n) is 16.8. The van der Waals surface area contributed by atoms with Gasteiger partial charge in [0.2, 0.25) is 5.95 Å². The van der Waals surface area contributed by atoms with Gasteiger partial charge in [-0.2, -0.15) is 4.98 Å². The van der Waals surface area contributed by atoms with Gasteiger partial charge in [-0.05, 0) is 38.3 Å². The summed E-state index contributed by atoms with van der Waals surface area (Å²) in [6.07, 6.45) is 12.3. The summed E-state index contributed by atoms with van der Waals surface area (Å²) in [7, 11) is 0. The lowest BCUT2D eigenvalue weighted by Gasteiger charge is -2.37. The van der Waals surface area contributed by atoms with Crippen LogP contribution in [0.4, 0.5) is 5.82 Å². The maximum Gasteiger partial charge on any atom is 0.237 e. The first-order valence-corrected chi connectivity index (χ1v) is 10.3. The number of fused-ring (bicyclic) bond motifs is 3. The first kappa shape index (κ1) is 17.3. The fourth-order valence-corrected chi connectivity index (χ4v) is 4.36. The molecule has 9 nitrogen and oxygen atoms in total. The minimum atomic E-state index is 0.164. The van der Waals surface area contributed by atoms with Gasteiger partial charge in [0.15, 0.2) is 11.6 Å². The van der Waals surface area contributed by atoms with Crippen molar-refractivity contribution in [1.29, 1.82) is 0 Å². The molecule has 1 atom stereocenters. The average molecular weight is 399 g/mol. The van der Waals surface area contributed by atoms with Crippen molar-refractivity contribution in [2.24, 2.45) is 0 Å². The van der Waals surface area contributed by atoms with Crippen LogP contribution in [0.25, 0.3) is 23.0 Å². The highest BCUT2D eigenvalue weighted by Crippen LogP contribution is 2.45. The Morgan fingerprint density at radius 2 is 1.90 bits per heavy atom. The standard InChI is InChI=1S/C21H21N9/c1-3-16-19-27-24-12-29(19)17-13(2)25-21(26-20(17)30(16)15-4-5-15)28-11-10-23-18(28)14-6-8-22-9-7-14/h6-12,15-16H,3-5H2,1-2H3/t16-/m1/s1. The van der Waals surface area contributed by atoms with Crippen LogP contribution in [-0.4, -0.2) is 45.3 Å². The summed E-state index contributed by atoms with van der Waals surface area (Å²) in [5.41, 5.74) is 2.84. The van der Waals surface area contributed by atoms with Gasteiger partial charge >= 0.3 is 0 Å². The monoisotopic (exact) mass is 399 g/mol. The molecule has 4 aromatic rings. The van der Waals surface area contributed by atoms with Crippen molar-refractivity contribution >= 4 is 5.82 Å². The molecule has 0 aromatic carbocycles. The maximum atomic E-state index is 5.07. The summed E-state index contributed by atoms with van der Waals surface area (Å²) in [4.78, 5) is 21.0. The third-order valence-corrected chi connectivity index (χ3v) is 5.84. The normalized spacial score (nSPS) is 17.7. The second kappa shape index (κ2) is 6.45. The number of pyridine rings is 1. The van der Waals surface area contributed by atoms with Crippen LogP contribution in [0.5, 0.6) is 0 Å². The molecule has 0 amide bonds. The molecule has 1 saturated carbocycles. The van der Waals surface area contributed by atoms with Crippen molar-refractivity contribution in [1.82, 2.24) is 39.3 Å². The van der Waals surface area contributed by atoms with Crippen LogP contribution in [0.3, 0.4) is 0 Å². The van der Waals surface area contributed by atoms with Crippen LogP contribution in [0.1, 0.15) is 43.7 Å². The minimum Gasteiger partial charge on any atom is -0.341 e. The highest BCUT2D eigenvalue weighted by atomic mass is 15.4. The van der Waals surface area contributed by atoms with Crippen molar-refractivity contribution in [3.8, 4) is 23.0 Å². The van der Waals surface area contributed by atoms with Crippen LogP contribution < -0.4 is 4.90 Å². The predicted molar refractivity (Wildman–Crippen MR) is 111 cm³/mol. The first-order chi connectivity index (χ1) is 14.8. The number of hydrogen-bond acceptors (Lipinski definition) is 7. The molecule has 1 aliphatic heterocycles. The van der Waals surface area contributed by atoms with Crippen molar-refractivity contribution in [3.05, 3.63) is 54.8 Å². The fraction of sp³-hybridized carbons (Fsp3) is 0.333. The van der Waals surface area contributed by atoms with E-state index in [1.54, 1.807) is 24.9 Å². The van der Waals surface area contributed by atoms with E-state index < -0.39 is 0 Å². The molecular formula is C21H21N9. The molecule has 1 aliphatic carbocycles. The Morgan fingerprint density at radius 1 is 1.07 bits per heavy atom. The molecule has 0 radical (unpaired) electrons.